The van der Waals surface area contributed by atoms with Gasteiger partial charge in [-0.05, 0) is 29.5 Å². The maximum Gasteiger partial charge on any atom is 0.257 e. The van der Waals surface area contributed by atoms with E-state index in [1.54, 1.807) is 26.4 Å². The van der Waals surface area contributed by atoms with Crippen LogP contribution in [0, 0.1) is 5.41 Å². The minimum Gasteiger partial charge on any atom is -0.493 e. The van der Waals surface area contributed by atoms with Gasteiger partial charge in [-0.25, -0.2) is 4.98 Å². The standard InChI is InChI=1S/C24H27N3O4S/c1-6-9-32-23-26-21-20(22(29)27-23)18(13-7-8-16(30-4)17(10-13)31-5)19-14(25-21)11-24(2,3)12-15(19)28/h6-8,10,18H,1,9,11-12H2,2-5H3,(H2,25,26,27,29). The van der Waals surface area contributed by atoms with Crippen molar-refractivity contribution in [1.82, 2.24) is 9.97 Å². The molecule has 0 amide bonds. The quantitative estimate of drug-likeness (QED) is 0.383. The SMILES string of the molecule is C=CCSc1nc2c(c(=O)[nH]1)C(c1ccc(OC)c(OC)c1)C1=C(CC(C)(C)CC1=O)N2. The van der Waals surface area contributed by atoms with Crippen LogP contribution in [-0.2, 0) is 4.79 Å². The highest BCUT2D eigenvalue weighted by Gasteiger charge is 2.42. The van der Waals surface area contributed by atoms with Crippen molar-refractivity contribution >= 4 is 23.4 Å². The fraction of sp³-hybridized carbons (Fsp3) is 0.375. The monoisotopic (exact) mass is 453 g/mol. The molecule has 32 heavy (non-hydrogen) atoms. The number of H-pyrrole nitrogens is 1. The van der Waals surface area contributed by atoms with Gasteiger partial charge < -0.3 is 19.8 Å². The summed E-state index contributed by atoms with van der Waals surface area (Å²) in [5, 5.41) is 3.84. The molecular formula is C24H27N3O4S. The number of aromatic nitrogens is 2. The van der Waals surface area contributed by atoms with E-state index in [4.69, 9.17) is 9.47 Å². The van der Waals surface area contributed by atoms with Gasteiger partial charge in [0.25, 0.3) is 5.56 Å². The fourth-order valence-electron chi connectivity index (χ4n) is 4.47. The number of carbonyl (C=O) groups excluding carboxylic acids is 1. The zero-order valence-electron chi connectivity index (χ0n) is 18.7. The molecule has 4 rings (SSSR count). The molecule has 1 aliphatic heterocycles. The van der Waals surface area contributed by atoms with Crippen LogP contribution >= 0.6 is 11.8 Å². The number of thioether (sulfide) groups is 1. The molecule has 0 spiro atoms. The predicted molar refractivity (Wildman–Crippen MR) is 126 cm³/mol. The normalized spacial score (nSPS) is 19.0. The third-order valence-corrected chi connectivity index (χ3v) is 6.65. The Labute approximate surface area is 191 Å². The highest BCUT2D eigenvalue weighted by atomic mass is 32.2. The number of ketones is 1. The van der Waals surface area contributed by atoms with Gasteiger partial charge in [0, 0.05) is 29.4 Å². The van der Waals surface area contributed by atoms with Crippen LogP contribution in [0.1, 0.15) is 43.7 Å². The van der Waals surface area contributed by atoms with Crippen molar-refractivity contribution in [2.24, 2.45) is 5.41 Å². The van der Waals surface area contributed by atoms with Crippen molar-refractivity contribution in [3.05, 3.63) is 63.6 Å². The summed E-state index contributed by atoms with van der Waals surface area (Å²) in [5.74, 6) is 1.74. The Bertz CT molecular complexity index is 1180. The van der Waals surface area contributed by atoms with E-state index in [0.717, 1.165) is 11.3 Å². The lowest BCUT2D eigenvalue weighted by Gasteiger charge is -2.38. The number of fused-ring (bicyclic) bond motifs is 1. The first kappa shape index (κ1) is 22.2. The lowest BCUT2D eigenvalue weighted by Crippen LogP contribution is -2.37. The topological polar surface area (TPSA) is 93.3 Å². The van der Waals surface area contributed by atoms with Gasteiger partial charge in [0.1, 0.15) is 5.82 Å². The lowest BCUT2D eigenvalue weighted by molar-refractivity contribution is -0.118. The molecular weight excluding hydrogens is 426 g/mol. The van der Waals surface area contributed by atoms with Crippen LogP contribution in [0.15, 0.2) is 52.1 Å². The number of rotatable bonds is 6. The van der Waals surface area contributed by atoms with E-state index in [-0.39, 0.29) is 16.8 Å². The maximum atomic E-state index is 13.3. The van der Waals surface area contributed by atoms with Crippen LogP contribution in [0.3, 0.4) is 0 Å². The molecule has 0 radical (unpaired) electrons. The van der Waals surface area contributed by atoms with Crippen LogP contribution in [0.2, 0.25) is 0 Å². The molecule has 168 valence electrons. The van der Waals surface area contributed by atoms with E-state index in [0.29, 0.717) is 52.2 Å². The average molecular weight is 454 g/mol. The van der Waals surface area contributed by atoms with Crippen LogP contribution < -0.4 is 20.3 Å². The summed E-state index contributed by atoms with van der Waals surface area (Å²) < 4.78 is 10.9. The number of benzene rings is 1. The molecule has 0 saturated carbocycles. The molecule has 1 aliphatic carbocycles. The molecule has 1 atom stereocenters. The summed E-state index contributed by atoms with van der Waals surface area (Å²) in [5.41, 5.74) is 2.23. The van der Waals surface area contributed by atoms with E-state index in [9.17, 15) is 9.59 Å². The second-order valence-corrected chi connectivity index (χ2v) is 9.75. The number of hydrogen-bond acceptors (Lipinski definition) is 7. The molecule has 2 aliphatic rings. The Morgan fingerprint density at radius 3 is 2.66 bits per heavy atom. The minimum atomic E-state index is -0.542. The Balaban J connectivity index is 1.94. The second kappa shape index (κ2) is 8.50. The van der Waals surface area contributed by atoms with E-state index >= 15 is 0 Å². The first-order chi connectivity index (χ1) is 15.3. The molecule has 2 N–H and O–H groups in total. The summed E-state index contributed by atoms with van der Waals surface area (Å²) in [7, 11) is 3.14. The molecule has 2 heterocycles. The van der Waals surface area contributed by atoms with Crippen molar-refractivity contribution < 1.29 is 14.3 Å². The number of Topliss-reactive ketones (excluding diaryl/α,β-unsaturated/α-hetero) is 1. The van der Waals surface area contributed by atoms with Crippen LogP contribution in [0.4, 0.5) is 5.82 Å². The summed E-state index contributed by atoms with van der Waals surface area (Å²) in [6.07, 6.45) is 2.87. The first-order valence-electron chi connectivity index (χ1n) is 10.4. The number of ether oxygens (including phenoxy) is 2. The molecule has 1 aromatic heterocycles. The zero-order chi connectivity index (χ0) is 23.0. The van der Waals surface area contributed by atoms with Gasteiger partial charge in [-0.3, -0.25) is 9.59 Å². The van der Waals surface area contributed by atoms with Gasteiger partial charge in [0.2, 0.25) is 0 Å². The number of nitrogens with zero attached hydrogens (tertiary/aromatic N) is 1. The fourth-order valence-corrected chi connectivity index (χ4v) is 5.06. The van der Waals surface area contributed by atoms with Crippen molar-refractivity contribution in [3.63, 3.8) is 0 Å². The largest absolute Gasteiger partial charge is 0.493 e. The van der Waals surface area contributed by atoms with Gasteiger partial charge in [-0.1, -0.05) is 37.8 Å². The molecule has 1 aromatic carbocycles. The van der Waals surface area contributed by atoms with Crippen molar-refractivity contribution in [1.29, 1.82) is 0 Å². The Hall–Kier alpha value is -3.00. The molecule has 0 bridgehead atoms. The molecule has 1 unspecified atom stereocenters. The summed E-state index contributed by atoms with van der Waals surface area (Å²) >= 11 is 1.40. The van der Waals surface area contributed by atoms with E-state index in [1.807, 2.05) is 12.1 Å². The van der Waals surface area contributed by atoms with Crippen molar-refractivity contribution in [2.75, 3.05) is 25.3 Å². The maximum absolute atomic E-state index is 13.3. The molecule has 0 saturated heterocycles. The van der Waals surface area contributed by atoms with E-state index in [2.05, 4.69) is 35.7 Å². The van der Waals surface area contributed by atoms with E-state index < -0.39 is 5.92 Å². The third-order valence-electron chi connectivity index (χ3n) is 5.78. The number of methoxy groups -OCH3 is 2. The Kier molecular flexibility index (Phi) is 5.90. The van der Waals surface area contributed by atoms with Crippen LogP contribution in [0.5, 0.6) is 11.5 Å². The van der Waals surface area contributed by atoms with Gasteiger partial charge in [0.05, 0.1) is 19.8 Å². The van der Waals surface area contributed by atoms with Gasteiger partial charge in [-0.15, -0.1) is 6.58 Å². The number of nitrogens with one attached hydrogen (secondary N) is 2. The first-order valence-corrected chi connectivity index (χ1v) is 11.4. The zero-order valence-corrected chi connectivity index (χ0v) is 19.5. The van der Waals surface area contributed by atoms with Gasteiger partial charge in [-0.2, -0.15) is 0 Å². The minimum absolute atomic E-state index is 0.0405. The molecule has 7 nitrogen and oxygen atoms in total. The Morgan fingerprint density at radius 1 is 1.22 bits per heavy atom. The number of allylic oxidation sites excluding steroid dienone is 2. The smallest absolute Gasteiger partial charge is 0.257 e. The van der Waals surface area contributed by atoms with Gasteiger partial charge in [0.15, 0.2) is 22.4 Å². The van der Waals surface area contributed by atoms with Crippen LogP contribution in [-0.4, -0.2) is 35.7 Å². The average Bonchev–Trinajstić information content (AvgIpc) is 2.74. The second-order valence-electron chi connectivity index (χ2n) is 8.74. The molecule has 0 fully saturated rings. The number of aromatic amines is 1. The molecule has 8 heteroatoms. The highest BCUT2D eigenvalue weighted by Crippen LogP contribution is 2.48. The van der Waals surface area contributed by atoms with E-state index in [1.165, 1.54) is 11.8 Å². The van der Waals surface area contributed by atoms with Crippen molar-refractivity contribution in [3.8, 4) is 11.5 Å². The summed E-state index contributed by atoms with van der Waals surface area (Å²) in [6, 6.07) is 5.50. The predicted octanol–water partition coefficient (Wildman–Crippen LogP) is 4.27. The Morgan fingerprint density at radius 2 is 1.97 bits per heavy atom. The third kappa shape index (κ3) is 3.95. The summed E-state index contributed by atoms with van der Waals surface area (Å²) in [6.45, 7) is 7.88. The number of carbonyl (C=O) groups is 1. The van der Waals surface area contributed by atoms with Crippen LogP contribution in [0.25, 0.3) is 0 Å². The highest BCUT2D eigenvalue weighted by molar-refractivity contribution is 7.99. The number of anilines is 1. The van der Waals surface area contributed by atoms with Gasteiger partial charge >= 0.3 is 0 Å². The number of hydrogen-bond donors (Lipinski definition) is 2. The summed E-state index contributed by atoms with van der Waals surface area (Å²) in [4.78, 5) is 34.1. The van der Waals surface area contributed by atoms with Crippen molar-refractivity contribution in [2.45, 2.75) is 37.8 Å². The lowest BCUT2D eigenvalue weighted by atomic mass is 9.69. The molecule has 2 aromatic rings.